The van der Waals surface area contributed by atoms with E-state index in [1.165, 1.54) is 0 Å². The lowest BCUT2D eigenvalue weighted by Gasteiger charge is -2.36. The molecule has 2 aliphatic rings. The molecule has 8 heteroatoms. The van der Waals surface area contributed by atoms with Crippen LogP contribution in [-0.4, -0.2) is 41.4 Å². The number of carbonyl (C=O) groups excluding carboxylic acids is 3. The predicted octanol–water partition coefficient (Wildman–Crippen LogP) is 3.57. The molecule has 2 unspecified atom stereocenters. The van der Waals surface area contributed by atoms with Crippen LogP contribution in [-0.2, 0) is 9.59 Å². The van der Waals surface area contributed by atoms with Crippen molar-refractivity contribution in [3.8, 4) is 5.75 Å². The van der Waals surface area contributed by atoms with Crippen LogP contribution in [0.1, 0.15) is 46.0 Å². The maximum absolute atomic E-state index is 13.0. The van der Waals surface area contributed by atoms with E-state index >= 15 is 0 Å². The maximum Gasteiger partial charge on any atom is 0.325 e. The van der Waals surface area contributed by atoms with Gasteiger partial charge in [0.05, 0.1) is 12.3 Å². The standard InChI is InChI=1S/C20H26ClN3O4/c1-3-10-28-16-8-7-14(21)11-15(16)22-17(25)12-24-18(26)20(23-19(24)27)9-5-4-6-13(20)2/h7-8,11,13H,3-6,9-10,12H2,1-2H3,(H,22,25)(H,23,27). The number of carbonyl (C=O) groups is 3. The monoisotopic (exact) mass is 407 g/mol. The van der Waals surface area contributed by atoms with E-state index < -0.39 is 17.5 Å². The van der Waals surface area contributed by atoms with E-state index in [9.17, 15) is 14.4 Å². The predicted molar refractivity (Wildman–Crippen MR) is 106 cm³/mol. The Labute approximate surface area is 169 Å². The Kier molecular flexibility index (Phi) is 6.13. The Bertz CT molecular complexity index is 785. The molecule has 3 rings (SSSR count). The van der Waals surface area contributed by atoms with Crippen LogP contribution < -0.4 is 15.4 Å². The Morgan fingerprint density at radius 1 is 1.39 bits per heavy atom. The zero-order chi connectivity index (χ0) is 20.3. The van der Waals surface area contributed by atoms with Gasteiger partial charge in [0, 0.05) is 5.02 Å². The van der Waals surface area contributed by atoms with Crippen LogP contribution in [0, 0.1) is 5.92 Å². The van der Waals surface area contributed by atoms with E-state index in [0.717, 1.165) is 30.6 Å². The van der Waals surface area contributed by atoms with Crippen LogP contribution in [0.3, 0.4) is 0 Å². The summed E-state index contributed by atoms with van der Waals surface area (Å²) in [6.07, 6.45) is 4.24. The maximum atomic E-state index is 13.0. The summed E-state index contributed by atoms with van der Waals surface area (Å²) in [7, 11) is 0. The molecule has 28 heavy (non-hydrogen) atoms. The molecule has 2 atom stereocenters. The summed E-state index contributed by atoms with van der Waals surface area (Å²) < 4.78 is 5.63. The average molecular weight is 408 g/mol. The number of ether oxygens (including phenoxy) is 1. The summed E-state index contributed by atoms with van der Waals surface area (Å²) in [6.45, 7) is 4.11. The van der Waals surface area contributed by atoms with E-state index in [2.05, 4.69) is 10.6 Å². The first-order valence-corrected chi connectivity index (χ1v) is 10.1. The molecule has 7 nitrogen and oxygen atoms in total. The number of rotatable bonds is 6. The lowest BCUT2D eigenvalue weighted by atomic mass is 9.73. The molecule has 0 bridgehead atoms. The van der Waals surface area contributed by atoms with Crippen molar-refractivity contribution in [3.63, 3.8) is 0 Å². The second-order valence-corrected chi connectivity index (χ2v) is 7.91. The first kappa shape index (κ1) is 20.5. The molecule has 1 aliphatic heterocycles. The molecule has 0 radical (unpaired) electrons. The highest BCUT2D eigenvalue weighted by Gasteiger charge is 2.55. The Balaban J connectivity index is 1.71. The summed E-state index contributed by atoms with van der Waals surface area (Å²) >= 11 is 6.03. The lowest BCUT2D eigenvalue weighted by Crippen LogP contribution is -2.54. The highest BCUT2D eigenvalue weighted by Crippen LogP contribution is 2.38. The molecule has 1 spiro atoms. The number of imide groups is 1. The number of hydrogen-bond donors (Lipinski definition) is 2. The van der Waals surface area contributed by atoms with Crippen molar-refractivity contribution in [2.75, 3.05) is 18.5 Å². The van der Waals surface area contributed by atoms with E-state index in [1.807, 2.05) is 13.8 Å². The molecule has 1 aromatic carbocycles. The number of benzene rings is 1. The van der Waals surface area contributed by atoms with Crippen LogP contribution in [0.4, 0.5) is 10.5 Å². The molecular weight excluding hydrogens is 382 g/mol. The van der Waals surface area contributed by atoms with E-state index in [0.29, 0.717) is 29.5 Å². The fourth-order valence-corrected chi connectivity index (χ4v) is 4.08. The van der Waals surface area contributed by atoms with Gasteiger partial charge in [-0.05, 0) is 43.4 Å². The quantitative estimate of drug-likeness (QED) is 0.705. The third kappa shape index (κ3) is 3.94. The van der Waals surface area contributed by atoms with Gasteiger partial charge in [-0.2, -0.15) is 0 Å². The molecule has 2 N–H and O–H groups in total. The highest BCUT2D eigenvalue weighted by molar-refractivity contribution is 6.31. The summed E-state index contributed by atoms with van der Waals surface area (Å²) in [4.78, 5) is 39.0. The van der Waals surface area contributed by atoms with Crippen LogP contribution in [0.5, 0.6) is 5.75 Å². The molecule has 2 fully saturated rings. The number of nitrogens with one attached hydrogen (secondary N) is 2. The number of nitrogens with zero attached hydrogens (tertiary/aromatic N) is 1. The number of hydrogen-bond acceptors (Lipinski definition) is 4. The van der Waals surface area contributed by atoms with E-state index in [4.69, 9.17) is 16.3 Å². The topological polar surface area (TPSA) is 87.7 Å². The Morgan fingerprint density at radius 2 is 2.18 bits per heavy atom. The summed E-state index contributed by atoms with van der Waals surface area (Å²) in [5.41, 5.74) is -0.458. The van der Waals surface area contributed by atoms with Gasteiger partial charge < -0.3 is 15.4 Å². The molecular formula is C20H26ClN3O4. The third-order valence-electron chi connectivity index (χ3n) is 5.48. The van der Waals surface area contributed by atoms with Gasteiger partial charge in [-0.15, -0.1) is 0 Å². The molecule has 4 amide bonds. The smallest absolute Gasteiger partial charge is 0.325 e. The number of halogens is 1. The van der Waals surface area contributed by atoms with Crippen molar-refractivity contribution in [2.24, 2.45) is 5.92 Å². The summed E-state index contributed by atoms with van der Waals surface area (Å²) in [6, 6.07) is 4.43. The van der Waals surface area contributed by atoms with Gasteiger partial charge in [0.25, 0.3) is 5.91 Å². The molecule has 152 valence electrons. The minimum Gasteiger partial charge on any atom is -0.491 e. The van der Waals surface area contributed by atoms with Crippen molar-refractivity contribution < 1.29 is 19.1 Å². The van der Waals surface area contributed by atoms with E-state index in [1.54, 1.807) is 18.2 Å². The first-order valence-electron chi connectivity index (χ1n) is 9.73. The summed E-state index contributed by atoms with van der Waals surface area (Å²) in [5, 5.41) is 6.00. The lowest BCUT2D eigenvalue weighted by molar-refractivity contribution is -0.136. The SMILES string of the molecule is CCCOc1ccc(Cl)cc1NC(=O)CN1C(=O)NC2(CCCCC2C)C1=O. The zero-order valence-electron chi connectivity index (χ0n) is 16.2. The average Bonchev–Trinajstić information content (AvgIpc) is 2.88. The minimum absolute atomic E-state index is 0.0488. The van der Waals surface area contributed by atoms with Crippen molar-refractivity contribution in [1.82, 2.24) is 10.2 Å². The largest absolute Gasteiger partial charge is 0.491 e. The van der Waals surface area contributed by atoms with Crippen molar-refractivity contribution in [3.05, 3.63) is 23.2 Å². The van der Waals surface area contributed by atoms with Gasteiger partial charge in [-0.25, -0.2) is 4.79 Å². The van der Waals surface area contributed by atoms with Gasteiger partial charge in [0.15, 0.2) is 0 Å². The molecule has 0 aromatic heterocycles. The van der Waals surface area contributed by atoms with Crippen molar-refractivity contribution >= 4 is 35.1 Å². The molecule has 1 aromatic rings. The minimum atomic E-state index is -0.874. The third-order valence-corrected chi connectivity index (χ3v) is 5.72. The highest BCUT2D eigenvalue weighted by atomic mass is 35.5. The van der Waals surface area contributed by atoms with Crippen LogP contribution in [0.15, 0.2) is 18.2 Å². The number of amides is 4. The van der Waals surface area contributed by atoms with Crippen molar-refractivity contribution in [2.45, 2.75) is 51.5 Å². The van der Waals surface area contributed by atoms with Gasteiger partial charge in [-0.1, -0.05) is 38.3 Å². The van der Waals surface area contributed by atoms with Gasteiger partial charge in [-0.3, -0.25) is 14.5 Å². The molecule has 1 aliphatic carbocycles. The van der Waals surface area contributed by atoms with E-state index in [-0.39, 0.29) is 18.4 Å². The van der Waals surface area contributed by atoms with Crippen LogP contribution >= 0.6 is 11.6 Å². The number of urea groups is 1. The second-order valence-electron chi connectivity index (χ2n) is 7.48. The van der Waals surface area contributed by atoms with Crippen LogP contribution in [0.25, 0.3) is 0 Å². The molecule has 1 saturated carbocycles. The fourth-order valence-electron chi connectivity index (χ4n) is 3.91. The zero-order valence-corrected chi connectivity index (χ0v) is 17.0. The first-order chi connectivity index (χ1) is 13.4. The number of anilines is 1. The van der Waals surface area contributed by atoms with Crippen molar-refractivity contribution in [1.29, 1.82) is 0 Å². The van der Waals surface area contributed by atoms with Crippen LogP contribution in [0.2, 0.25) is 5.02 Å². The summed E-state index contributed by atoms with van der Waals surface area (Å²) in [5.74, 6) is -0.247. The second kappa shape index (κ2) is 8.39. The molecule has 1 heterocycles. The molecule has 1 saturated heterocycles. The van der Waals surface area contributed by atoms with Gasteiger partial charge in [0.1, 0.15) is 17.8 Å². The Morgan fingerprint density at radius 3 is 2.89 bits per heavy atom. The van der Waals surface area contributed by atoms with Gasteiger partial charge in [0.2, 0.25) is 5.91 Å². The van der Waals surface area contributed by atoms with Gasteiger partial charge >= 0.3 is 6.03 Å². The fraction of sp³-hybridized carbons (Fsp3) is 0.550. The Hall–Kier alpha value is -2.28. The normalized spacial score (nSPS) is 24.4.